The molecule has 3 rings (SSSR count). The molecule has 9 heteroatoms. The van der Waals surface area contributed by atoms with Gasteiger partial charge in [0.05, 0.1) is 19.2 Å². The van der Waals surface area contributed by atoms with Gasteiger partial charge in [-0.2, -0.15) is 0 Å². The molecule has 213 valence electrons. The molecule has 0 fully saturated rings. The van der Waals surface area contributed by atoms with Crippen molar-refractivity contribution in [2.24, 2.45) is 7.05 Å². The number of rotatable bonds is 12. The standard InChI is InChI=1S/C26H37N2.6CN.Fe/c1-3-4-5-6-7-8-9-10-11-17-22-28-25-21-16-15-20-24(25)27(2)26(28)23-18-13-12-14-19-23;6*1-2;/h12-16,18-21H,3-11,17,22H2,1-2H3;;;;;;;/q+1;6*-1;+5. The van der Waals surface area contributed by atoms with Crippen LogP contribution in [0.4, 0.5) is 0 Å². The SMILES string of the molecule is CCCCCCCCCCCCn1c(-c2ccccc2)[n+](C)c2ccccc21.[C-]#N.[C-]#N.[C-]#N.[C-]#N.[C-]#N.[C-]#N.[Fe+5]. The minimum atomic E-state index is 0. The summed E-state index contributed by atoms with van der Waals surface area (Å²) in [7, 11) is 2.19. The molecule has 2 aromatic carbocycles. The van der Waals surface area contributed by atoms with Crippen LogP contribution in [0.15, 0.2) is 54.6 Å². The number of unbranched alkanes of at least 4 members (excludes halogenated alkanes) is 9. The molecule has 0 spiro atoms. The Bertz CT molecular complexity index is 1060. The van der Waals surface area contributed by atoms with Crippen molar-refractivity contribution in [2.45, 2.75) is 77.7 Å². The van der Waals surface area contributed by atoms with E-state index in [9.17, 15) is 0 Å². The molecule has 8 nitrogen and oxygen atoms in total. The summed E-state index contributed by atoms with van der Waals surface area (Å²) in [5, 5.41) is 37.5. The van der Waals surface area contributed by atoms with Crippen LogP contribution in [0.5, 0.6) is 0 Å². The summed E-state index contributed by atoms with van der Waals surface area (Å²) in [4.78, 5) is 0. The molecular weight excluding hydrogens is 552 g/mol. The fourth-order valence-electron chi connectivity index (χ4n) is 4.31. The molecular formula is C32H37FeN8. The normalized spacial score (nSPS) is 8.05. The van der Waals surface area contributed by atoms with Crippen molar-refractivity contribution in [3.05, 3.63) is 94.0 Å². The second kappa shape index (κ2) is 37.5. The van der Waals surface area contributed by atoms with E-state index in [2.05, 4.69) is 77.7 Å². The van der Waals surface area contributed by atoms with E-state index >= 15 is 0 Å². The van der Waals surface area contributed by atoms with Crippen LogP contribution < -0.4 is 4.57 Å². The summed E-state index contributed by atoms with van der Waals surface area (Å²) >= 11 is 0. The molecule has 1 aromatic heterocycles. The topological polar surface area (TPSA) is 152 Å². The Morgan fingerprint density at radius 2 is 0.951 bits per heavy atom. The van der Waals surface area contributed by atoms with E-state index in [-0.39, 0.29) is 17.1 Å². The van der Waals surface area contributed by atoms with Crippen molar-refractivity contribution in [1.29, 1.82) is 31.6 Å². The molecule has 0 aliphatic heterocycles. The Hall–Kier alpha value is -4.63. The van der Waals surface area contributed by atoms with Crippen molar-refractivity contribution in [3.63, 3.8) is 0 Å². The maximum Gasteiger partial charge on any atom is 5.00 e. The molecule has 0 saturated heterocycles. The molecule has 1 heterocycles. The zero-order valence-electron chi connectivity index (χ0n) is 23.9. The predicted octanol–water partition coefficient (Wildman–Crippen LogP) is 7.63. The van der Waals surface area contributed by atoms with E-state index in [0.29, 0.717) is 0 Å². The number of nitrogens with zero attached hydrogens (tertiary/aromatic N) is 8. The number of aryl methyl sites for hydroxylation is 2. The zero-order valence-corrected chi connectivity index (χ0v) is 25.0. The van der Waals surface area contributed by atoms with Crippen LogP contribution >= 0.6 is 0 Å². The monoisotopic (exact) mass is 589 g/mol. The number of benzene rings is 2. The van der Waals surface area contributed by atoms with Crippen LogP contribution in [0.1, 0.15) is 71.1 Å². The molecule has 0 bridgehead atoms. The second-order valence-corrected chi connectivity index (χ2v) is 8.07. The van der Waals surface area contributed by atoms with Crippen LogP contribution in [-0.4, -0.2) is 4.57 Å². The van der Waals surface area contributed by atoms with Crippen molar-refractivity contribution in [3.8, 4) is 11.4 Å². The summed E-state index contributed by atoms with van der Waals surface area (Å²) in [6, 6.07) is 19.6. The van der Waals surface area contributed by atoms with Gasteiger partial charge in [0.25, 0.3) is 5.82 Å². The Labute approximate surface area is 258 Å². The van der Waals surface area contributed by atoms with Crippen molar-refractivity contribution in [1.82, 2.24) is 4.57 Å². The Morgan fingerprint density at radius 1 is 0.561 bits per heavy atom. The first-order chi connectivity index (χ1) is 19.8. The molecule has 0 N–H and O–H groups in total. The Balaban J connectivity index is -0.000000295. The maximum atomic E-state index is 6.25. The molecule has 41 heavy (non-hydrogen) atoms. The first kappa shape index (κ1) is 46.2. The first-order valence-corrected chi connectivity index (χ1v) is 12.7. The van der Waals surface area contributed by atoms with Crippen LogP contribution in [0, 0.1) is 71.0 Å². The average molecular weight is 590 g/mol. The van der Waals surface area contributed by atoms with Gasteiger partial charge in [-0.05, 0) is 37.1 Å². The van der Waals surface area contributed by atoms with Gasteiger partial charge in [0.15, 0.2) is 11.0 Å². The van der Waals surface area contributed by atoms with Crippen LogP contribution in [-0.2, 0) is 30.7 Å². The number of aromatic nitrogens is 2. The predicted molar refractivity (Wildman–Crippen MR) is 150 cm³/mol. The Morgan fingerprint density at radius 3 is 1.41 bits per heavy atom. The first-order valence-electron chi connectivity index (χ1n) is 12.7. The van der Waals surface area contributed by atoms with Crippen LogP contribution in [0.2, 0.25) is 0 Å². The summed E-state index contributed by atoms with van der Waals surface area (Å²) in [5.74, 6) is 1.32. The summed E-state index contributed by atoms with van der Waals surface area (Å²) < 4.78 is 4.87. The number of imidazole rings is 1. The van der Waals surface area contributed by atoms with Crippen LogP contribution in [0.3, 0.4) is 0 Å². The fourth-order valence-corrected chi connectivity index (χ4v) is 4.31. The average Bonchev–Trinajstić information content (AvgIpc) is 3.35. The van der Waals surface area contributed by atoms with E-state index in [1.165, 1.54) is 86.6 Å². The fraction of sp³-hybridized carbons (Fsp3) is 0.406. The molecule has 0 atom stereocenters. The van der Waals surface area contributed by atoms with E-state index in [0.717, 1.165) is 6.54 Å². The van der Waals surface area contributed by atoms with Crippen LogP contribution in [0.25, 0.3) is 22.4 Å². The zero-order chi connectivity index (χ0) is 31.6. The van der Waals surface area contributed by atoms with Gasteiger partial charge in [-0.1, -0.05) is 88.6 Å². The van der Waals surface area contributed by atoms with Gasteiger partial charge >= 0.3 is 17.1 Å². The number of hydrogen-bond acceptors (Lipinski definition) is 6. The third-order valence-corrected chi connectivity index (χ3v) is 5.87. The third-order valence-electron chi connectivity index (χ3n) is 5.87. The molecule has 1 radical (unpaired) electrons. The summed E-state index contributed by atoms with van der Waals surface area (Å²) in [6.45, 7) is 31.9. The quantitative estimate of drug-likeness (QED) is 0.0916. The van der Waals surface area contributed by atoms with E-state index in [4.69, 9.17) is 71.0 Å². The van der Waals surface area contributed by atoms with Gasteiger partial charge in [0.2, 0.25) is 0 Å². The van der Waals surface area contributed by atoms with Gasteiger partial charge in [-0.15, -0.1) is 0 Å². The van der Waals surface area contributed by atoms with E-state index in [1.807, 2.05) is 0 Å². The van der Waals surface area contributed by atoms with Gasteiger partial charge in [0.1, 0.15) is 0 Å². The van der Waals surface area contributed by atoms with Crippen molar-refractivity contribution >= 4 is 11.0 Å². The second-order valence-electron chi connectivity index (χ2n) is 8.07. The van der Waals surface area contributed by atoms with Gasteiger partial charge < -0.3 is 71.0 Å². The molecule has 0 aliphatic carbocycles. The van der Waals surface area contributed by atoms with Crippen molar-refractivity contribution < 1.29 is 21.6 Å². The minimum Gasteiger partial charge on any atom is -0.512 e. The van der Waals surface area contributed by atoms with Gasteiger partial charge in [-0.25, -0.2) is 9.13 Å². The molecule has 0 unspecified atom stereocenters. The summed E-state index contributed by atoms with van der Waals surface area (Å²) in [6.07, 6.45) is 13.8. The van der Waals surface area contributed by atoms with E-state index in [1.54, 1.807) is 0 Å². The number of fused-ring (bicyclic) bond motifs is 1. The molecule has 0 saturated carbocycles. The van der Waals surface area contributed by atoms with Gasteiger partial charge in [-0.3, -0.25) is 0 Å². The smallest absolute Gasteiger partial charge is 0.512 e. The molecule has 0 amide bonds. The minimum absolute atomic E-state index is 0. The largest absolute Gasteiger partial charge is 5.00 e. The molecule has 0 aliphatic rings. The number of para-hydroxylation sites is 2. The van der Waals surface area contributed by atoms with Gasteiger partial charge in [0, 0.05) is 0 Å². The molecule has 3 aromatic rings. The van der Waals surface area contributed by atoms with E-state index < -0.39 is 0 Å². The third kappa shape index (κ3) is 18.3. The maximum absolute atomic E-state index is 6.25. The summed E-state index contributed by atoms with van der Waals surface area (Å²) in [5.41, 5.74) is 3.96. The number of hydrogen-bond donors (Lipinski definition) is 0. The Kier molecular flexibility index (Phi) is 42.3. The van der Waals surface area contributed by atoms with Crippen molar-refractivity contribution in [2.75, 3.05) is 0 Å².